The number of amides is 3. The van der Waals surface area contributed by atoms with Crippen LogP contribution < -0.4 is 10.6 Å². The first-order valence-corrected chi connectivity index (χ1v) is 18.4. The number of aryl methyl sites for hydroxylation is 3. The van der Waals surface area contributed by atoms with E-state index in [0.717, 1.165) is 92.8 Å². The SMILES string of the molecule is CN1CCN(CCN(C)C(=O)c2cccc(C(=O)Nc3sc4c(c3C(=O)Nc3ccc(CCc5ccc(C(=O)O)cc5)cc3)CCCC4)c2)CC1. The molecule has 6 rings (SSSR count). The molecule has 3 aromatic carbocycles. The summed E-state index contributed by atoms with van der Waals surface area (Å²) in [4.78, 5) is 59.4. The molecular weight excluding hydrogens is 663 g/mol. The van der Waals surface area contributed by atoms with E-state index < -0.39 is 5.97 Å². The van der Waals surface area contributed by atoms with Crippen molar-refractivity contribution in [1.29, 1.82) is 0 Å². The summed E-state index contributed by atoms with van der Waals surface area (Å²) in [5.41, 5.74) is 5.39. The number of anilines is 2. The van der Waals surface area contributed by atoms with Crippen LogP contribution in [0.1, 0.15) is 75.8 Å². The fraction of sp³-hybridized carbons (Fsp3) is 0.350. The maximum absolute atomic E-state index is 13.8. The number of piperazine rings is 1. The molecule has 0 saturated carbocycles. The van der Waals surface area contributed by atoms with Crippen molar-refractivity contribution in [2.45, 2.75) is 38.5 Å². The smallest absolute Gasteiger partial charge is 0.335 e. The average Bonchev–Trinajstić information content (AvgIpc) is 3.52. The van der Waals surface area contributed by atoms with Crippen molar-refractivity contribution in [2.75, 3.05) is 64.0 Å². The van der Waals surface area contributed by atoms with Gasteiger partial charge in [-0.2, -0.15) is 0 Å². The van der Waals surface area contributed by atoms with Crippen LogP contribution in [0, 0.1) is 0 Å². The summed E-state index contributed by atoms with van der Waals surface area (Å²) >= 11 is 1.46. The number of thiophene rings is 1. The van der Waals surface area contributed by atoms with Gasteiger partial charge in [-0.3, -0.25) is 19.3 Å². The number of aromatic carboxylic acids is 1. The first kappa shape index (κ1) is 36.0. The number of rotatable bonds is 12. The fourth-order valence-corrected chi connectivity index (χ4v) is 7.88. The number of carbonyl (C=O) groups excluding carboxylic acids is 3. The zero-order valence-electron chi connectivity index (χ0n) is 29.2. The third kappa shape index (κ3) is 9.10. The topological polar surface area (TPSA) is 122 Å². The van der Waals surface area contributed by atoms with Gasteiger partial charge in [0, 0.05) is 68.0 Å². The predicted octanol–water partition coefficient (Wildman–Crippen LogP) is 5.93. The van der Waals surface area contributed by atoms with E-state index in [1.54, 1.807) is 48.3 Å². The van der Waals surface area contributed by atoms with Crippen LogP contribution >= 0.6 is 11.3 Å². The molecule has 2 heterocycles. The van der Waals surface area contributed by atoms with Crippen LogP contribution in [-0.2, 0) is 25.7 Å². The molecular formula is C40H45N5O5S. The Labute approximate surface area is 303 Å². The molecule has 3 amide bonds. The minimum Gasteiger partial charge on any atom is -0.478 e. The molecule has 0 spiro atoms. The molecule has 1 aromatic heterocycles. The summed E-state index contributed by atoms with van der Waals surface area (Å²) < 4.78 is 0. The van der Waals surface area contributed by atoms with E-state index in [2.05, 4.69) is 27.5 Å². The molecule has 3 N–H and O–H groups in total. The minimum atomic E-state index is -0.939. The predicted molar refractivity (Wildman–Crippen MR) is 201 cm³/mol. The summed E-state index contributed by atoms with van der Waals surface area (Å²) in [5.74, 6) is -1.70. The standard InChI is InChI=1S/C40H45N5O5S/c1-43-20-23-45(24-21-43)25-22-44(2)39(48)31-7-5-6-30(26-31)36(46)42-38-35(33-8-3-4-9-34(33)51-38)37(47)41-32-18-14-28(15-19-32)11-10-27-12-16-29(17-13-27)40(49)50/h5-7,12-19,26H,3-4,8-11,20-25H2,1-2H3,(H,41,47)(H,42,46)(H,49,50). The van der Waals surface area contributed by atoms with Crippen molar-refractivity contribution in [1.82, 2.24) is 14.7 Å². The van der Waals surface area contributed by atoms with Crippen LogP contribution in [0.25, 0.3) is 0 Å². The van der Waals surface area contributed by atoms with Crippen LogP contribution in [0.3, 0.4) is 0 Å². The molecule has 10 nitrogen and oxygen atoms in total. The number of likely N-dealkylation sites (N-methyl/N-ethyl adjacent to an activating group) is 2. The number of hydrogen-bond acceptors (Lipinski definition) is 7. The second-order valence-corrected chi connectivity index (χ2v) is 14.6. The zero-order chi connectivity index (χ0) is 35.9. The van der Waals surface area contributed by atoms with Gasteiger partial charge in [-0.1, -0.05) is 30.3 Å². The number of nitrogens with zero attached hydrogens (tertiary/aromatic N) is 3. The van der Waals surface area contributed by atoms with Crippen molar-refractivity contribution < 1.29 is 24.3 Å². The Morgan fingerprint density at radius 1 is 0.784 bits per heavy atom. The van der Waals surface area contributed by atoms with E-state index in [9.17, 15) is 19.2 Å². The van der Waals surface area contributed by atoms with Crippen molar-refractivity contribution in [3.8, 4) is 0 Å². The molecule has 0 radical (unpaired) electrons. The molecule has 1 fully saturated rings. The summed E-state index contributed by atoms with van der Waals surface area (Å²) in [6.45, 7) is 5.43. The monoisotopic (exact) mass is 707 g/mol. The summed E-state index contributed by atoms with van der Waals surface area (Å²) in [6.07, 6.45) is 5.21. The second-order valence-electron chi connectivity index (χ2n) is 13.5. The lowest BCUT2D eigenvalue weighted by Gasteiger charge is -2.33. The molecule has 51 heavy (non-hydrogen) atoms. The Balaban J connectivity index is 1.09. The maximum Gasteiger partial charge on any atom is 0.335 e. The van der Waals surface area contributed by atoms with Crippen LogP contribution in [0.5, 0.6) is 0 Å². The van der Waals surface area contributed by atoms with Crippen molar-refractivity contribution in [3.63, 3.8) is 0 Å². The lowest BCUT2D eigenvalue weighted by atomic mass is 9.95. The van der Waals surface area contributed by atoms with Gasteiger partial charge in [-0.15, -0.1) is 11.3 Å². The highest BCUT2D eigenvalue weighted by Gasteiger charge is 2.27. The van der Waals surface area contributed by atoms with Gasteiger partial charge in [0.15, 0.2) is 0 Å². The van der Waals surface area contributed by atoms with Gasteiger partial charge in [0.1, 0.15) is 5.00 Å². The van der Waals surface area contributed by atoms with E-state index in [-0.39, 0.29) is 23.3 Å². The first-order chi connectivity index (χ1) is 24.6. The number of carboxylic acid groups (broad SMARTS) is 1. The Morgan fingerprint density at radius 2 is 1.43 bits per heavy atom. The first-order valence-electron chi connectivity index (χ1n) is 17.6. The highest BCUT2D eigenvalue weighted by atomic mass is 32.1. The normalized spacial score (nSPS) is 14.8. The third-order valence-corrected chi connectivity index (χ3v) is 11.0. The molecule has 4 aromatic rings. The molecule has 0 unspecified atom stereocenters. The number of carbonyl (C=O) groups is 4. The van der Waals surface area contributed by atoms with E-state index >= 15 is 0 Å². The van der Waals surface area contributed by atoms with Crippen molar-refractivity contribution >= 4 is 45.7 Å². The number of benzene rings is 3. The minimum absolute atomic E-state index is 0.133. The Bertz CT molecular complexity index is 1880. The van der Waals surface area contributed by atoms with Crippen molar-refractivity contribution in [2.24, 2.45) is 0 Å². The maximum atomic E-state index is 13.8. The number of carboxylic acids is 1. The average molecular weight is 708 g/mol. The van der Waals surface area contributed by atoms with Gasteiger partial charge in [-0.05, 0) is 105 Å². The lowest BCUT2D eigenvalue weighted by molar-refractivity contribution is 0.0695. The lowest BCUT2D eigenvalue weighted by Crippen LogP contribution is -2.47. The molecule has 2 aliphatic rings. The molecule has 266 valence electrons. The molecule has 1 aliphatic carbocycles. The number of hydrogen-bond donors (Lipinski definition) is 3. The number of nitrogens with one attached hydrogen (secondary N) is 2. The highest BCUT2D eigenvalue weighted by Crippen LogP contribution is 2.39. The van der Waals surface area contributed by atoms with Gasteiger partial charge in [0.25, 0.3) is 17.7 Å². The van der Waals surface area contributed by atoms with Gasteiger partial charge < -0.3 is 25.5 Å². The highest BCUT2D eigenvalue weighted by molar-refractivity contribution is 7.17. The van der Waals surface area contributed by atoms with Crippen molar-refractivity contribution in [3.05, 3.63) is 117 Å². The quantitative estimate of drug-likeness (QED) is 0.167. The molecule has 1 aliphatic heterocycles. The van der Waals surface area contributed by atoms with Gasteiger partial charge in [0.2, 0.25) is 0 Å². The van der Waals surface area contributed by atoms with Gasteiger partial charge in [0.05, 0.1) is 11.1 Å². The molecule has 0 bridgehead atoms. The van der Waals surface area contributed by atoms with Crippen LogP contribution in [0.15, 0.2) is 72.8 Å². The van der Waals surface area contributed by atoms with E-state index in [1.807, 2.05) is 36.4 Å². The van der Waals surface area contributed by atoms with Gasteiger partial charge in [-0.25, -0.2) is 4.79 Å². The summed E-state index contributed by atoms with van der Waals surface area (Å²) in [7, 11) is 3.92. The Morgan fingerprint density at radius 3 is 2.12 bits per heavy atom. The zero-order valence-corrected chi connectivity index (χ0v) is 30.1. The van der Waals surface area contributed by atoms with Crippen LogP contribution in [0.4, 0.5) is 10.7 Å². The third-order valence-electron chi connectivity index (χ3n) is 9.81. The van der Waals surface area contributed by atoms with Crippen LogP contribution in [-0.4, -0.2) is 96.9 Å². The van der Waals surface area contributed by atoms with E-state index in [0.29, 0.717) is 33.9 Å². The second kappa shape index (κ2) is 16.5. The Hall–Kier alpha value is -4.84. The van der Waals surface area contributed by atoms with E-state index in [4.69, 9.17) is 5.11 Å². The summed E-state index contributed by atoms with van der Waals surface area (Å²) in [6, 6.07) is 21.4. The largest absolute Gasteiger partial charge is 0.478 e. The molecule has 0 atom stereocenters. The van der Waals surface area contributed by atoms with Crippen LogP contribution in [0.2, 0.25) is 0 Å². The Kier molecular flexibility index (Phi) is 11.6. The number of fused-ring (bicyclic) bond motifs is 1. The summed E-state index contributed by atoms with van der Waals surface area (Å²) in [5, 5.41) is 15.7. The van der Waals surface area contributed by atoms with E-state index in [1.165, 1.54) is 11.3 Å². The fourth-order valence-electron chi connectivity index (χ4n) is 6.60. The van der Waals surface area contributed by atoms with Gasteiger partial charge >= 0.3 is 5.97 Å². The molecule has 1 saturated heterocycles. The molecule has 11 heteroatoms.